The number of ether oxygens (including phenoxy) is 1. The van der Waals surface area contributed by atoms with Gasteiger partial charge in [-0.2, -0.15) is 0 Å². The Kier molecular flexibility index (Phi) is 7.50. The van der Waals surface area contributed by atoms with Gasteiger partial charge in [-0.15, -0.1) is 0 Å². The quantitative estimate of drug-likeness (QED) is 0.508. The summed E-state index contributed by atoms with van der Waals surface area (Å²) in [5, 5.41) is 14.8. The lowest BCUT2D eigenvalue weighted by atomic mass is 9.98. The van der Waals surface area contributed by atoms with E-state index in [0.717, 1.165) is 41.5 Å². The third kappa shape index (κ3) is 5.24. The SMILES string of the molecule is CCC[C@H](NC(=O)OCC1c2ccccc2-c2ccccc21)C(=O)NC1CCCC1CC(=O)O. The highest BCUT2D eigenvalue weighted by molar-refractivity contribution is 5.86. The molecular weight excluding hydrogens is 432 g/mol. The molecule has 0 bridgehead atoms. The number of carbonyl (C=O) groups excluding carboxylic acids is 2. The minimum absolute atomic E-state index is 0.0448. The van der Waals surface area contributed by atoms with Crippen LogP contribution in [0.5, 0.6) is 0 Å². The van der Waals surface area contributed by atoms with Crippen molar-refractivity contribution in [3.05, 3.63) is 59.7 Å². The number of rotatable bonds is 9. The third-order valence-corrected chi connectivity index (χ3v) is 6.95. The van der Waals surface area contributed by atoms with Gasteiger partial charge in [0.25, 0.3) is 0 Å². The van der Waals surface area contributed by atoms with Crippen molar-refractivity contribution in [3.63, 3.8) is 0 Å². The maximum absolute atomic E-state index is 12.9. The molecule has 4 rings (SSSR count). The van der Waals surface area contributed by atoms with Gasteiger partial charge in [0, 0.05) is 12.0 Å². The Hall–Kier alpha value is -3.35. The van der Waals surface area contributed by atoms with Crippen LogP contribution in [0, 0.1) is 5.92 Å². The van der Waals surface area contributed by atoms with Gasteiger partial charge >= 0.3 is 12.1 Å². The number of nitrogens with one attached hydrogen (secondary N) is 2. The molecule has 3 atom stereocenters. The Bertz CT molecular complexity index is 1010. The summed E-state index contributed by atoms with van der Waals surface area (Å²) >= 11 is 0. The predicted molar refractivity (Wildman–Crippen MR) is 128 cm³/mol. The first-order chi connectivity index (χ1) is 16.5. The van der Waals surface area contributed by atoms with E-state index in [1.54, 1.807) is 0 Å². The first kappa shape index (κ1) is 23.8. The highest BCUT2D eigenvalue weighted by Crippen LogP contribution is 2.44. The van der Waals surface area contributed by atoms with Crippen molar-refractivity contribution in [1.29, 1.82) is 0 Å². The predicted octanol–water partition coefficient (Wildman–Crippen LogP) is 4.45. The molecule has 2 aliphatic rings. The summed E-state index contributed by atoms with van der Waals surface area (Å²) in [5.74, 6) is -1.25. The zero-order valence-electron chi connectivity index (χ0n) is 19.5. The highest BCUT2D eigenvalue weighted by atomic mass is 16.5. The van der Waals surface area contributed by atoms with Crippen LogP contribution in [0.4, 0.5) is 4.79 Å². The van der Waals surface area contributed by atoms with Gasteiger partial charge in [0.2, 0.25) is 5.91 Å². The Morgan fingerprint density at radius 1 is 1.03 bits per heavy atom. The number of carboxylic acid groups (broad SMARTS) is 1. The second kappa shape index (κ2) is 10.7. The van der Waals surface area contributed by atoms with Gasteiger partial charge in [0.05, 0.1) is 6.42 Å². The Labute approximate surface area is 199 Å². The molecule has 2 amide bonds. The van der Waals surface area contributed by atoms with Crippen LogP contribution in [-0.4, -0.2) is 41.8 Å². The number of alkyl carbamates (subject to hydrolysis) is 1. The summed E-state index contributed by atoms with van der Waals surface area (Å²) in [5.41, 5.74) is 4.57. The van der Waals surface area contributed by atoms with E-state index in [9.17, 15) is 14.4 Å². The molecule has 1 fully saturated rings. The van der Waals surface area contributed by atoms with Crippen molar-refractivity contribution in [2.24, 2.45) is 5.92 Å². The van der Waals surface area contributed by atoms with E-state index in [0.29, 0.717) is 12.8 Å². The van der Waals surface area contributed by atoms with E-state index in [-0.39, 0.29) is 36.8 Å². The molecule has 0 heterocycles. The van der Waals surface area contributed by atoms with Crippen LogP contribution < -0.4 is 10.6 Å². The average Bonchev–Trinajstić information content (AvgIpc) is 3.38. The van der Waals surface area contributed by atoms with Crippen LogP contribution >= 0.6 is 0 Å². The van der Waals surface area contributed by atoms with Gasteiger partial charge in [-0.25, -0.2) is 4.79 Å². The van der Waals surface area contributed by atoms with Crippen molar-refractivity contribution in [3.8, 4) is 11.1 Å². The van der Waals surface area contributed by atoms with E-state index in [2.05, 4.69) is 34.9 Å². The molecule has 7 nitrogen and oxygen atoms in total. The lowest BCUT2D eigenvalue weighted by Gasteiger charge is -2.24. The number of amides is 2. The van der Waals surface area contributed by atoms with E-state index >= 15 is 0 Å². The normalized spacial score (nSPS) is 19.7. The largest absolute Gasteiger partial charge is 0.481 e. The van der Waals surface area contributed by atoms with Crippen molar-refractivity contribution in [2.75, 3.05) is 6.61 Å². The molecule has 2 aromatic carbocycles. The number of fused-ring (bicyclic) bond motifs is 3. The highest BCUT2D eigenvalue weighted by Gasteiger charge is 2.33. The zero-order valence-corrected chi connectivity index (χ0v) is 19.5. The summed E-state index contributed by atoms with van der Waals surface area (Å²) in [4.78, 5) is 36.7. The van der Waals surface area contributed by atoms with Crippen molar-refractivity contribution in [2.45, 2.75) is 63.5 Å². The maximum Gasteiger partial charge on any atom is 0.407 e. The van der Waals surface area contributed by atoms with Crippen LogP contribution in [0.15, 0.2) is 48.5 Å². The number of benzene rings is 2. The summed E-state index contributed by atoms with van der Waals surface area (Å²) in [6.45, 7) is 2.13. The Morgan fingerprint density at radius 2 is 1.68 bits per heavy atom. The molecule has 0 saturated heterocycles. The standard InChI is InChI=1S/C27H32N2O5/c1-2-8-24(26(32)28-23-14-7-9-17(23)15-25(30)31)29-27(33)34-16-22-20-12-5-3-10-18(20)19-11-4-6-13-21(19)22/h3-6,10-13,17,22-24H,2,7-9,14-16H2,1H3,(H,28,32)(H,29,33)(H,30,31)/t17?,23?,24-/m0/s1. The molecule has 1 saturated carbocycles. The van der Waals surface area contributed by atoms with Gasteiger partial charge in [-0.05, 0) is 47.4 Å². The zero-order chi connectivity index (χ0) is 24.1. The van der Waals surface area contributed by atoms with Crippen molar-refractivity contribution < 1.29 is 24.2 Å². The average molecular weight is 465 g/mol. The van der Waals surface area contributed by atoms with Crippen LogP contribution in [0.1, 0.15) is 62.5 Å². The van der Waals surface area contributed by atoms with Gasteiger partial charge in [0.15, 0.2) is 0 Å². The monoisotopic (exact) mass is 464 g/mol. The van der Waals surface area contributed by atoms with Crippen LogP contribution in [0.3, 0.4) is 0 Å². The Morgan fingerprint density at radius 3 is 2.29 bits per heavy atom. The molecule has 7 heteroatoms. The number of carboxylic acids is 1. The fraction of sp³-hybridized carbons (Fsp3) is 0.444. The fourth-order valence-corrected chi connectivity index (χ4v) is 5.32. The molecule has 34 heavy (non-hydrogen) atoms. The van der Waals surface area contributed by atoms with E-state index < -0.39 is 18.1 Å². The van der Waals surface area contributed by atoms with E-state index in [1.165, 1.54) is 0 Å². The molecule has 0 radical (unpaired) electrons. The van der Waals surface area contributed by atoms with Gasteiger partial charge in [-0.3, -0.25) is 9.59 Å². The first-order valence-electron chi connectivity index (χ1n) is 12.1. The molecule has 0 spiro atoms. The van der Waals surface area contributed by atoms with Gasteiger partial charge < -0.3 is 20.5 Å². The number of carbonyl (C=O) groups is 3. The third-order valence-electron chi connectivity index (χ3n) is 6.95. The fourth-order valence-electron chi connectivity index (χ4n) is 5.32. The van der Waals surface area contributed by atoms with Crippen LogP contribution in [-0.2, 0) is 14.3 Å². The maximum atomic E-state index is 12.9. The number of hydrogen-bond donors (Lipinski definition) is 3. The smallest absolute Gasteiger partial charge is 0.407 e. The minimum Gasteiger partial charge on any atom is -0.481 e. The minimum atomic E-state index is -0.854. The molecule has 3 N–H and O–H groups in total. The van der Waals surface area contributed by atoms with E-state index in [4.69, 9.17) is 9.84 Å². The van der Waals surface area contributed by atoms with Crippen molar-refractivity contribution >= 4 is 18.0 Å². The molecule has 2 unspecified atom stereocenters. The lowest BCUT2D eigenvalue weighted by molar-refractivity contribution is -0.138. The summed E-state index contributed by atoms with van der Waals surface area (Å²) in [6, 6.07) is 15.4. The number of hydrogen-bond acceptors (Lipinski definition) is 4. The second-order valence-corrected chi connectivity index (χ2v) is 9.22. The Balaban J connectivity index is 1.36. The van der Waals surface area contributed by atoms with E-state index in [1.807, 2.05) is 31.2 Å². The molecular formula is C27H32N2O5. The molecule has 2 aliphatic carbocycles. The van der Waals surface area contributed by atoms with Gasteiger partial charge in [0.1, 0.15) is 12.6 Å². The second-order valence-electron chi connectivity index (χ2n) is 9.22. The molecule has 180 valence electrons. The molecule has 2 aromatic rings. The lowest BCUT2D eigenvalue weighted by Crippen LogP contribution is -2.50. The summed E-state index contributed by atoms with van der Waals surface area (Å²) < 4.78 is 5.60. The van der Waals surface area contributed by atoms with Crippen LogP contribution in [0.2, 0.25) is 0 Å². The van der Waals surface area contributed by atoms with Crippen molar-refractivity contribution in [1.82, 2.24) is 10.6 Å². The molecule has 0 aliphatic heterocycles. The van der Waals surface area contributed by atoms with Gasteiger partial charge in [-0.1, -0.05) is 68.3 Å². The summed E-state index contributed by atoms with van der Waals surface area (Å²) in [6.07, 6.45) is 3.05. The topological polar surface area (TPSA) is 105 Å². The molecule has 0 aromatic heterocycles. The first-order valence-corrected chi connectivity index (χ1v) is 12.1. The number of aliphatic carboxylic acids is 1. The van der Waals surface area contributed by atoms with Crippen LogP contribution in [0.25, 0.3) is 11.1 Å². The summed E-state index contributed by atoms with van der Waals surface area (Å²) in [7, 11) is 0.